The Bertz CT molecular complexity index is 861. The zero-order chi connectivity index (χ0) is 19.4. The standard InChI is InChI=1S/C21H22N2O4/c1-14-5-8-18(9-6-14)23-13-16(12-19(23)24)21(27)22-17-4-2-3-15(11-17)7-10-20(25)26/h2-6,8-9,11,16H,7,10,12-13H2,1H3,(H,22,27)(H,25,26). The summed E-state index contributed by atoms with van der Waals surface area (Å²) < 4.78 is 0. The van der Waals surface area contributed by atoms with E-state index >= 15 is 0 Å². The molecule has 0 aromatic heterocycles. The van der Waals surface area contributed by atoms with E-state index in [1.165, 1.54) is 0 Å². The summed E-state index contributed by atoms with van der Waals surface area (Å²) in [5, 5.41) is 11.6. The maximum atomic E-state index is 12.6. The summed E-state index contributed by atoms with van der Waals surface area (Å²) >= 11 is 0. The summed E-state index contributed by atoms with van der Waals surface area (Å²) in [7, 11) is 0. The molecule has 0 saturated carbocycles. The average Bonchev–Trinajstić information content (AvgIpc) is 3.03. The van der Waals surface area contributed by atoms with Gasteiger partial charge in [0.25, 0.3) is 0 Å². The van der Waals surface area contributed by atoms with Crippen LogP contribution in [0.4, 0.5) is 11.4 Å². The van der Waals surface area contributed by atoms with Crippen LogP contribution >= 0.6 is 0 Å². The van der Waals surface area contributed by atoms with Crippen molar-refractivity contribution in [1.29, 1.82) is 0 Å². The third-order valence-electron chi connectivity index (χ3n) is 4.66. The van der Waals surface area contributed by atoms with Gasteiger partial charge in [0.2, 0.25) is 11.8 Å². The SMILES string of the molecule is Cc1ccc(N2CC(C(=O)Nc3cccc(CCC(=O)O)c3)CC2=O)cc1. The lowest BCUT2D eigenvalue weighted by Gasteiger charge is -2.17. The van der Waals surface area contributed by atoms with Crippen LogP contribution < -0.4 is 10.2 Å². The van der Waals surface area contributed by atoms with E-state index in [1.807, 2.05) is 37.3 Å². The lowest BCUT2D eigenvalue weighted by atomic mass is 10.1. The number of aliphatic carboxylic acids is 1. The Labute approximate surface area is 157 Å². The molecule has 0 radical (unpaired) electrons. The van der Waals surface area contributed by atoms with Crippen LogP contribution in [0, 0.1) is 12.8 Å². The summed E-state index contributed by atoms with van der Waals surface area (Å²) in [6, 6.07) is 14.8. The Kier molecular flexibility index (Phi) is 5.54. The zero-order valence-electron chi connectivity index (χ0n) is 15.1. The number of carbonyl (C=O) groups excluding carboxylic acids is 2. The van der Waals surface area contributed by atoms with Gasteiger partial charge in [-0.3, -0.25) is 14.4 Å². The van der Waals surface area contributed by atoms with Crippen molar-refractivity contribution in [2.75, 3.05) is 16.8 Å². The molecule has 1 atom stereocenters. The molecule has 0 bridgehead atoms. The summed E-state index contributed by atoms with van der Waals surface area (Å²) in [5.74, 6) is -1.53. The third kappa shape index (κ3) is 4.73. The number of carbonyl (C=O) groups is 3. The molecule has 140 valence electrons. The molecule has 1 fully saturated rings. The fourth-order valence-electron chi connectivity index (χ4n) is 3.16. The van der Waals surface area contributed by atoms with E-state index in [4.69, 9.17) is 5.11 Å². The Morgan fingerprint density at radius 1 is 1.19 bits per heavy atom. The van der Waals surface area contributed by atoms with Gasteiger partial charge in [-0.25, -0.2) is 0 Å². The number of carboxylic acid groups (broad SMARTS) is 1. The van der Waals surface area contributed by atoms with Gasteiger partial charge in [0, 0.05) is 30.8 Å². The molecule has 1 aliphatic heterocycles. The quantitative estimate of drug-likeness (QED) is 0.823. The highest BCUT2D eigenvalue weighted by molar-refractivity contribution is 6.03. The van der Waals surface area contributed by atoms with Crippen LogP contribution in [0.5, 0.6) is 0 Å². The first-order valence-corrected chi connectivity index (χ1v) is 8.91. The molecular formula is C21H22N2O4. The van der Waals surface area contributed by atoms with Crippen molar-refractivity contribution in [3.8, 4) is 0 Å². The fourth-order valence-corrected chi connectivity index (χ4v) is 3.16. The van der Waals surface area contributed by atoms with Crippen molar-refractivity contribution >= 4 is 29.2 Å². The number of hydrogen-bond donors (Lipinski definition) is 2. The molecule has 1 heterocycles. The van der Waals surface area contributed by atoms with Crippen LogP contribution in [-0.4, -0.2) is 29.4 Å². The van der Waals surface area contributed by atoms with E-state index in [1.54, 1.807) is 23.1 Å². The topological polar surface area (TPSA) is 86.7 Å². The first-order chi connectivity index (χ1) is 12.9. The van der Waals surface area contributed by atoms with Crippen molar-refractivity contribution in [3.63, 3.8) is 0 Å². The molecule has 3 rings (SSSR count). The average molecular weight is 366 g/mol. The second kappa shape index (κ2) is 8.03. The second-order valence-corrected chi connectivity index (χ2v) is 6.82. The number of nitrogens with zero attached hydrogens (tertiary/aromatic N) is 1. The molecule has 6 nitrogen and oxygen atoms in total. The van der Waals surface area contributed by atoms with Gasteiger partial charge in [0.05, 0.1) is 5.92 Å². The highest BCUT2D eigenvalue weighted by Gasteiger charge is 2.35. The fraction of sp³-hybridized carbons (Fsp3) is 0.286. The van der Waals surface area contributed by atoms with Gasteiger partial charge >= 0.3 is 5.97 Å². The van der Waals surface area contributed by atoms with Crippen LogP contribution in [0.25, 0.3) is 0 Å². The number of rotatable bonds is 6. The Morgan fingerprint density at radius 2 is 1.93 bits per heavy atom. The van der Waals surface area contributed by atoms with E-state index in [2.05, 4.69) is 5.32 Å². The van der Waals surface area contributed by atoms with E-state index in [0.29, 0.717) is 18.7 Å². The van der Waals surface area contributed by atoms with Crippen molar-refractivity contribution in [1.82, 2.24) is 0 Å². The molecule has 2 N–H and O–H groups in total. The van der Waals surface area contributed by atoms with Crippen molar-refractivity contribution in [2.45, 2.75) is 26.2 Å². The maximum absolute atomic E-state index is 12.6. The van der Waals surface area contributed by atoms with E-state index < -0.39 is 11.9 Å². The molecule has 1 aliphatic rings. The molecule has 2 amide bonds. The normalized spacial score (nSPS) is 16.4. The van der Waals surface area contributed by atoms with Gasteiger partial charge in [0.15, 0.2) is 0 Å². The Morgan fingerprint density at radius 3 is 2.63 bits per heavy atom. The molecule has 1 saturated heterocycles. The predicted octanol–water partition coefficient (Wildman–Crippen LogP) is 3.00. The number of nitrogens with one attached hydrogen (secondary N) is 1. The largest absolute Gasteiger partial charge is 0.481 e. The Balaban J connectivity index is 1.63. The van der Waals surface area contributed by atoms with Crippen molar-refractivity contribution < 1.29 is 19.5 Å². The molecule has 27 heavy (non-hydrogen) atoms. The van der Waals surface area contributed by atoms with E-state index in [0.717, 1.165) is 16.8 Å². The lowest BCUT2D eigenvalue weighted by Crippen LogP contribution is -2.28. The van der Waals surface area contributed by atoms with Gasteiger partial charge in [-0.15, -0.1) is 0 Å². The molecule has 2 aromatic rings. The van der Waals surface area contributed by atoms with Crippen molar-refractivity contribution in [2.24, 2.45) is 5.92 Å². The van der Waals surface area contributed by atoms with E-state index in [-0.39, 0.29) is 24.7 Å². The summed E-state index contributed by atoms with van der Waals surface area (Å²) in [6.45, 7) is 2.34. The maximum Gasteiger partial charge on any atom is 0.303 e. The third-order valence-corrected chi connectivity index (χ3v) is 4.66. The van der Waals surface area contributed by atoms with Crippen LogP contribution in [0.3, 0.4) is 0 Å². The summed E-state index contributed by atoms with van der Waals surface area (Å²) in [4.78, 5) is 37.3. The first-order valence-electron chi connectivity index (χ1n) is 8.91. The van der Waals surface area contributed by atoms with Crippen LogP contribution in [0.1, 0.15) is 24.0 Å². The lowest BCUT2D eigenvalue weighted by molar-refractivity contribution is -0.137. The molecule has 2 aromatic carbocycles. The molecule has 6 heteroatoms. The highest BCUT2D eigenvalue weighted by atomic mass is 16.4. The van der Waals surface area contributed by atoms with Gasteiger partial charge in [-0.1, -0.05) is 29.8 Å². The number of aryl methyl sites for hydroxylation is 2. The highest BCUT2D eigenvalue weighted by Crippen LogP contribution is 2.26. The second-order valence-electron chi connectivity index (χ2n) is 6.82. The van der Waals surface area contributed by atoms with Gasteiger partial charge < -0.3 is 15.3 Å². The number of hydrogen-bond acceptors (Lipinski definition) is 3. The summed E-state index contributed by atoms with van der Waals surface area (Å²) in [6.07, 6.45) is 0.626. The van der Waals surface area contributed by atoms with Crippen LogP contribution in [-0.2, 0) is 20.8 Å². The van der Waals surface area contributed by atoms with Gasteiger partial charge in [-0.05, 0) is 43.2 Å². The van der Waals surface area contributed by atoms with Crippen LogP contribution in [0.15, 0.2) is 48.5 Å². The monoisotopic (exact) mass is 366 g/mol. The molecule has 0 aliphatic carbocycles. The number of amides is 2. The van der Waals surface area contributed by atoms with Gasteiger partial charge in [-0.2, -0.15) is 0 Å². The Hall–Kier alpha value is -3.15. The van der Waals surface area contributed by atoms with Crippen molar-refractivity contribution in [3.05, 3.63) is 59.7 Å². The number of carboxylic acids is 1. The minimum atomic E-state index is -0.856. The minimum absolute atomic E-state index is 0.0417. The first kappa shape index (κ1) is 18.6. The number of benzene rings is 2. The molecular weight excluding hydrogens is 344 g/mol. The smallest absolute Gasteiger partial charge is 0.303 e. The molecule has 0 spiro atoms. The van der Waals surface area contributed by atoms with Gasteiger partial charge in [0.1, 0.15) is 0 Å². The minimum Gasteiger partial charge on any atom is -0.481 e. The molecule has 1 unspecified atom stereocenters. The van der Waals surface area contributed by atoms with E-state index in [9.17, 15) is 14.4 Å². The zero-order valence-corrected chi connectivity index (χ0v) is 15.1. The number of anilines is 2. The predicted molar refractivity (Wildman–Crippen MR) is 103 cm³/mol. The van der Waals surface area contributed by atoms with Crippen LogP contribution in [0.2, 0.25) is 0 Å². The summed E-state index contributed by atoms with van der Waals surface area (Å²) in [5.41, 5.74) is 3.38.